The van der Waals surface area contributed by atoms with Crippen LogP contribution in [0, 0.1) is 5.82 Å². The lowest BCUT2D eigenvalue weighted by molar-refractivity contribution is 0.303. The van der Waals surface area contributed by atoms with Crippen LogP contribution in [0.25, 0.3) is 0 Å². The molecule has 0 aliphatic heterocycles. The molecule has 2 aromatic rings. The van der Waals surface area contributed by atoms with Gasteiger partial charge in [0.25, 0.3) is 0 Å². The number of aromatic nitrogens is 3. The minimum Gasteiger partial charge on any atom is -0.464 e. The van der Waals surface area contributed by atoms with Crippen molar-refractivity contribution >= 4 is 21.9 Å². The first-order chi connectivity index (χ1) is 9.62. The van der Waals surface area contributed by atoms with Gasteiger partial charge in [0.15, 0.2) is 0 Å². The highest BCUT2D eigenvalue weighted by Gasteiger charge is 2.10. The Balaban J connectivity index is 2.27. The molecule has 0 spiro atoms. The van der Waals surface area contributed by atoms with Gasteiger partial charge in [-0.05, 0) is 41.1 Å². The summed E-state index contributed by atoms with van der Waals surface area (Å²) in [6.45, 7) is 2.17. The summed E-state index contributed by atoms with van der Waals surface area (Å²) in [5, 5.41) is 0. The minimum absolute atomic E-state index is 0.0186. The second kappa shape index (κ2) is 6.44. The molecular formula is C11H11BrFN5O2. The lowest BCUT2D eigenvalue weighted by atomic mass is 10.3. The Morgan fingerprint density at radius 2 is 2.05 bits per heavy atom. The molecule has 0 fully saturated rings. The standard InChI is InChI=1S/C11H11BrFN5O2/c1-2-19-10-15-9(18-14)16-11(17-10)20-6-3-4-8(13)7(12)5-6/h3-5H,2,14H2,1H3,(H,15,16,17,18). The third kappa shape index (κ3) is 3.52. The number of hydrogen-bond acceptors (Lipinski definition) is 7. The lowest BCUT2D eigenvalue weighted by Gasteiger charge is -2.08. The maximum absolute atomic E-state index is 13.1. The molecule has 0 atom stereocenters. The van der Waals surface area contributed by atoms with Crippen molar-refractivity contribution in [1.29, 1.82) is 0 Å². The van der Waals surface area contributed by atoms with Gasteiger partial charge in [-0.25, -0.2) is 10.2 Å². The zero-order valence-electron chi connectivity index (χ0n) is 10.4. The molecule has 0 aliphatic rings. The van der Waals surface area contributed by atoms with E-state index < -0.39 is 5.82 Å². The highest BCUT2D eigenvalue weighted by atomic mass is 79.9. The molecule has 3 N–H and O–H groups in total. The molecule has 1 heterocycles. The molecule has 2 rings (SSSR count). The molecule has 20 heavy (non-hydrogen) atoms. The number of nitrogens with zero attached hydrogens (tertiary/aromatic N) is 3. The van der Waals surface area contributed by atoms with Crippen LogP contribution >= 0.6 is 15.9 Å². The minimum atomic E-state index is -0.396. The van der Waals surface area contributed by atoms with Crippen LogP contribution in [0.15, 0.2) is 22.7 Å². The van der Waals surface area contributed by atoms with E-state index in [1.54, 1.807) is 6.92 Å². The molecule has 0 aliphatic carbocycles. The zero-order valence-corrected chi connectivity index (χ0v) is 12.0. The van der Waals surface area contributed by atoms with Gasteiger partial charge in [0.2, 0.25) is 5.95 Å². The van der Waals surface area contributed by atoms with Gasteiger partial charge in [0.05, 0.1) is 11.1 Å². The van der Waals surface area contributed by atoms with Crippen molar-refractivity contribution in [2.24, 2.45) is 5.84 Å². The van der Waals surface area contributed by atoms with Gasteiger partial charge < -0.3 is 9.47 Å². The van der Waals surface area contributed by atoms with Crippen molar-refractivity contribution in [3.63, 3.8) is 0 Å². The fraction of sp³-hybridized carbons (Fsp3) is 0.182. The smallest absolute Gasteiger partial charge is 0.330 e. The van der Waals surface area contributed by atoms with Crippen LogP contribution in [-0.2, 0) is 0 Å². The predicted octanol–water partition coefficient (Wildman–Crippen LogP) is 2.25. The van der Waals surface area contributed by atoms with Gasteiger partial charge in [0.1, 0.15) is 11.6 Å². The summed E-state index contributed by atoms with van der Waals surface area (Å²) in [5.74, 6) is 5.31. The van der Waals surface area contributed by atoms with E-state index in [0.29, 0.717) is 12.4 Å². The summed E-state index contributed by atoms with van der Waals surface area (Å²) in [7, 11) is 0. The Morgan fingerprint density at radius 1 is 1.30 bits per heavy atom. The molecule has 0 unspecified atom stereocenters. The van der Waals surface area contributed by atoms with Gasteiger partial charge in [-0.2, -0.15) is 9.97 Å². The van der Waals surface area contributed by atoms with E-state index in [4.69, 9.17) is 15.3 Å². The normalized spacial score (nSPS) is 10.2. The summed E-state index contributed by atoms with van der Waals surface area (Å²) in [6.07, 6.45) is 0. The average Bonchev–Trinajstić information content (AvgIpc) is 2.43. The molecule has 0 bridgehead atoms. The van der Waals surface area contributed by atoms with E-state index in [1.165, 1.54) is 18.2 Å². The first-order valence-corrected chi connectivity index (χ1v) is 6.40. The molecule has 0 saturated heterocycles. The summed E-state index contributed by atoms with van der Waals surface area (Å²) in [5.41, 5.74) is 2.28. The Hall–Kier alpha value is -2.00. The Labute approximate surface area is 122 Å². The van der Waals surface area contributed by atoms with Crippen molar-refractivity contribution < 1.29 is 13.9 Å². The van der Waals surface area contributed by atoms with Crippen molar-refractivity contribution in [3.8, 4) is 17.8 Å². The number of hydrazine groups is 1. The third-order valence-corrected chi connectivity index (χ3v) is 2.70. The van der Waals surface area contributed by atoms with Crippen molar-refractivity contribution in [3.05, 3.63) is 28.5 Å². The first kappa shape index (κ1) is 14.4. The van der Waals surface area contributed by atoms with E-state index in [2.05, 4.69) is 36.3 Å². The van der Waals surface area contributed by atoms with E-state index >= 15 is 0 Å². The van der Waals surface area contributed by atoms with Crippen LogP contribution in [-0.4, -0.2) is 21.6 Å². The number of hydrogen-bond donors (Lipinski definition) is 2. The Morgan fingerprint density at radius 3 is 2.70 bits per heavy atom. The number of rotatable bonds is 5. The number of benzene rings is 1. The fourth-order valence-corrected chi connectivity index (χ4v) is 1.65. The van der Waals surface area contributed by atoms with Crippen LogP contribution in [0.2, 0.25) is 0 Å². The van der Waals surface area contributed by atoms with Crippen LogP contribution in [0.1, 0.15) is 6.92 Å². The Kier molecular flexibility index (Phi) is 4.64. The lowest BCUT2D eigenvalue weighted by Crippen LogP contribution is -2.12. The molecule has 0 saturated carbocycles. The summed E-state index contributed by atoms with van der Waals surface area (Å²) >= 11 is 3.06. The van der Waals surface area contributed by atoms with Gasteiger partial charge in [0, 0.05) is 0 Å². The van der Waals surface area contributed by atoms with Crippen LogP contribution in [0.3, 0.4) is 0 Å². The number of anilines is 1. The molecule has 1 aromatic carbocycles. The molecule has 0 radical (unpaired) electrons. The van der Waals surface area contributed by atoms with Gasteiger partial charge in [-0.1, -0.05) is 0 Å². The fourth-order valence-electron chi connectivity index (χ4n) is 1.29. The van der Waals surface area contributed by atoms with E-state index in [9.17, 15) is 4.39 Å². The van der Waals surface area contributed by atoms with Crippen molar-refractivity contribution in [2.45, 2.75) is 6.92 Å². The summed E-state index contributed by atoms with van der Waals surface area (Å²) < 4.78 is 24.0. The number of nitrogens with two attached hydrogens (primary N) is 1. The van der Waals surface area contributed by atoms with E-state index in [0.717, 1.165) is 0 Å². The topological polar surface area (TPSA) is 95.2 Å². The largest absolute Gasteiger partial charge is 0.464 e. The van der Waals surface area contributed by atoms with Crippen molar-refractivity contribution in [1.82, 2.24) is 15.0 Å². The molecular weight excluding hydrogens is 333 g/mol. The predicted molar refractivity (Wildman–Crippen MR) is 73.0 cm³/mol. The van der Waals surface area contributed by atoms with Gasteiger partial charge >= 0.3 is 12.0 Å². The van der Waals surface area contributed by atoms with Crippen molar-refractivity contribution in [2.75, 3.05) is 12.0 Å². The molecule has 1 aromatic heterocycles. The Bertz CT molecular complexity index is 613. The monoisotopic (exact) mass is 343 g/mol. The van der Waals surface area contributed by atoms with Gasteiger partial charge in [-0.15, -0.1) is 4.98 Å². The molecule has 9 heteroatoms. The zero-order chi connectivity index (χ0) is 14.5. The maximum Gasteiger partial charge on any atom is 0.330 e. The second-order valence-electron chi connectivity index (χ2n) is 3.48. The summed E-state index contributed by atoms with van der Waals surface area (Å²) in [4.78, 5) is 11.7. The number of ether oxygens (including phenoxy) is 2. The second-order valence-corrected chi connectivity index (χ2v) is 4.33. The summed E-state index contributed by atoms with van der Waals surface area (Å²) in [6, 6.07) is 4.21. The number of halogens is 2. The number of nitrogens with one attached hydrogen (secondary N) is 1. The highest BCUT2D eigenvalue weighted by molar-refractivity contribution is 9.10. The molecule has 0 amide bonds. The van der Waals surface area contributed by atoms with E-state index in [-0.39, 0.29) is 22.4 Å². The molecule has 106 valence electrons. The third-order valence-electron chi connectivity index (χ3n) is 2.10. The van der Waals surface area contributed by atoms with Crippen LogP contribution in [0.5, 0.6) is 17.8 Å². The van der Waals surface area contributed by atoms with Crippen LogP contribution in [0.4, 0.5) is 10.3 Å². The SMILES string of the molecule is CCOc1nc(NN)nc(Oc2ccc(F)c(Br)c2)n1. The van der Waals surface area contributed by atoms with E-state index in [1.807, 2.05) is 0 Å². The number of nitrogen functional groups attached to an aromatic ring is 1. The van der Waals surface area contributed by atoms with Gasteiger partial charge in [-0.3, -0.25) is 5.43 Å². The highest BCUT2D eigenvalue weighted by Crippen LogP contribution is 2.25. The first-order valence-electron chi connectivity index (χ1n) is 5.60. The maximum atomic E-state index is 13.1. The van der Waals surface area contributed by atoms with Crippen LogP contribution < -0.4 is 20.7 Å². The average molecular weight is 344 g/mol. The quantitative estimate of drug-likeness (QED) is 0.634. The molecule has 7 nitrogen and oxygen atoms in total.